The van der Waals surface area contributed by atoms with E-state index in [1.54, 1.807) is 6.20 Å². The summed E-state index contributed by atoms with van der Waals surface area (Å²) in [6.45, 7) is 4.33. The van der Waals surface area contributed by atoms with E-state index in [0.717, 1.165) is 38.5 Å². The molecule has 1 fully saturated rings. The van der Waals surface area contributed by atoms with Crippen LogP contribution in [-0.2, 0) is 4.79 Å². The van der Waals surface area contributed by atoms with Crippen LogP contribution in [0.5, 0.6) is 0 Å². The normalized spacial score (nSPS) is 17.2. The molecule has 8 heteroatoms. The van der Waals surface area contributed by atoms with Crippen LogP contribution in [0.3, 0.4) is 0 Å². The number of nitrogens with zero attached hydrogens (tertiary/aromatic N) is 3. The number of carbonyl (C=O) groups excluding carboxylic acids is 1. The number of amides is 1. The highest BCUT2D eigenvalue weighted by atomic mass is 79.9. The van der Waals surface area contributed by atoms with Gasteiger partial charge in [-0.2, -0.15) is 0 Å². The smallest absolute Gasteiger partial charge is 0.244 e. The first-order chi connectivity index (χ1) is 17.4. The van der Waals surface area contributed by atoms with Crippen LogP contribution in [0.25, 0.3) is 5.69 Å². The molecule has 1 aliphatic heterocycles. The Morgan fingerprint density at radius 2 is 1.78 bits per heavy atom. The molecule has 2 unspecified atom stereocenters. The predicted octanol–water partition coefficient (Wildman–Crippen LogP) is 5.86. The second kappa shape index (κ2) is 10.2. The third-order valence-electron chi connectivity index (χ3n) is 6.45. The number of nitrogens with one attached hydrogen (secondary N) is 2. The van der Waals surface area contributed by atoms with E-state index in [1.807, 2.05) is 71.6 Å². The molecule has 182 valence electrons. The minimum Gasteiger partial charge on any atom is -0.352 e. The highest BCUT2D eigenvalue weighted by Crippen LogP contribution is 2.41. The second-order valence-electron chi connectivity index (χ2n) is 8.78. The van der Waals surface area contributed by atoms with Crippen LogP contribution in [0.2, 0.25) is 0 Å². The van der Waals surface area contributed by atoms with E-state index in [0.29, 0.717) is 5.11 Å². The molecule has 3 heterocycles. The van der Waals surface area contributed by atoms with E-state index in [9.17, 15) is 4.79 Å². The Hall–Kier alpha value is -3.49. The van der Waals surface area contributed by atoms with E-state index in [1.165, 1.54) is 0 Å². The highest BCUT2D eigenvalue weighted by Gasteiger charge is 2.42. The van der Waals surface area contributed by atoms with Crippen molar-refractivity contribution in [3.05, 3.63) is 112 Å². The average molecular weight is 561 g/mol. The Morgan fingerprint density at radius 3 is 2.50 bits per heavy atom. The number of carbonyl (C=O) groups is 1. The molecule has 1 saturated heterocycles. The molecule has 6 nitrogen and oxygen atoms in total. The largest absolute Gasteiger partial charge is 0.352 e. The molecule has 0 bridgehead atoms. The van der Waals surface area contributed by atoms with Gasteiger partial charge in [-0.3, -0.25) is 9.78 Å². The lowest BCUT2D eigenvalue weighted by atomic mass is 9.96. The molecule has 2 N–H and O–H groups in total. The van der Waals surface area contributed by atoms with Gasteiger partial charge in [-0.25, -0.2) is 0 Å². The number of aromatic nitrogens is 2. The zero-order chi connectivity index (χ0) is 25.2. The van der Waals surface area contributed by atoms with Crippen LogP contribution < -0.4 is 10.6 Å². The molecule has 0 spiro atoms. The number of halogens is 1. The SMILES string of the molecule is Cc1cc(C2C(c3ccccn3)NC(=S)N2CC(=O)Nc2ccccc2)c(C)n1-c1ccccc1Br. The van der Waals surface area contributed by atoms with Gasteiger partial charge in [0.1, 0.15) is 6.54 Å². The summed E-state index contributed by atoms with van der Waals surface area (Å²) in [5, 5.41) is 6.96. The van der Waals surface area contributed by atoms with E-state index in [-0.39, 0.29) is 24.5 Å². The number of aryl methyl sites for hydroxylation is 1. The maximum Gasteiger partial charge on any atom is 0.244 e. The highest BCUT2D eigenvalue weighted by molar-refractivity contribution is 9.10. The van der Waals surface area contributed by atoms with Crippen molar-refractivity contribution in [2.75, 3.05) is 11.9 Å². The van der Waals surface area contributed by atoms with Gasteiger partial charge < -0.3 is 20.1 Å². The minimum absolute atomic E-state index is 0.118. The summed E-state index contributed by atoms with van der Waals surface area (Å²) >= 11 is 9.47. The fraction of sp³-hybridized carbons (Fsp3) is 0.179. The summed E-state index contributed by atoms with van der Waals surface area (Å²) in [5.41, 5.74) is 5.98. The summed E-state index contributed by atoms with van der Waals surface area (Å²) in [6, 6.07) is 25.3. The molecule has 4 aromatic rings. The van der Waals surface area contributed by atoms with E-state index >= 15 is 0 Å². The number of para-hydroxylation sites is 2. The number of hydrogen-bond acceptors (Lipinski definition) is 3. The Morgan fingerprint density at radius 1 is 1.06 bits per heavy atom. The van der Waals surface area contributed by atoms with Crippen LogP contribution in [0.4, 0.5) is 5.69 Å². The van der Waals surface area contributed by atoms with Gasteiger partial charge in [-0.05, 0) is 90.0 Å². The summed E-state index contributed by atoms with van der Waals surface area (Å²) in [7, 11) is 0. The Kier molecular flexibility index (Phi) is 6.89. The number of rotatable bonds is 6. The molecule has 36 heavy (non-hydrogen) atoms. The predicted molar refractivity (Wildman–Crippen MR) is 150 cm³/mol. The monoisotopic (exact) mass is 559 g/mol. The topological polar surface area (TPSA) is 62.2 Å². The van der Waals surface area contributed by atoms with Crippen LogP contribution in [0, 0.1) is 13.8 Å². The fourth-order valence-electron chi connectivity index (χ4n) is 4.88. The van der Waals surface area contributed by atoms with Crippen molar-refractivity contribution >= 4 is 44.9 Å². The lowest BCUT2D eigenvalue weighted by molar-refractivity contribution is -0.116. The lowest BCUT2D eigenvalue weighted by Gasteiger charge is -2.27. The molecule has 5 rings (SSSR count). The van der Waals surface area contributed by atoms with Gasteiger partial charge in [0.2, 0.25) is 5.91 Å². The summed E-state index contributed by atoms with van der Waals surface area (Å²) in [4.78, 5) is 19.7. The molecule has 0 radical (unpaired) electrons. The van der Waals surface area contributed by atoms with Gasteiger partial charge in [0, 0.05) is 27.7 Å². The quantitative estimate of drug-likeness (QED) is 0.289. The molecular formula is C28H26BrN5OS. The first kappa shape index (κ1) is 24.2. The van der Waals surface area contributed by atoms with Crippen molar-refractivity contribution in [2.24, 2.45) is 0 Å². The molecule has 2 aromatic heterocycles. The first-order valence-electron chi connectivity index (χ1n) is 11.7. The molecule has 0 aliphatic carbocycles. The van der Waals surface area contributed by atoms with Crippen LogP contribution >= 0.6 is 28.1 Å². The van der Waals surface area contributed by atoms with E-state index in [2.05, 4.69) is 62.1 Å². The molecule has 2 atom stereocenters. The lowest BCUT2D eigenvalue weighted by Crippen LogP contribution is -2.37. The second-order valence-corrected chi connectivity index (χ2v) is 10.0. The summed E-state index contributed by atoms with van der Waals surface area (Å²) in [6.07, 6.45) is 1.78. The average Bonchev–Trinajstić information content (AvgIpc) is 3.35. The number of anilines is 1. The van der Waals surface area contributed by atoms with Crippen molar-refractivity contribution in [3.63, 3.8) is 0 Å². The maximum absolute atomic E-state index is 13.1. The third-order valence-corrected chi connectivity index (χ3v) is 7.47. The van der Waals surface area contributed by atoms with Gasteiger partial charge in [0.25, 0.3) is 0 Å². The summed E-state index contributed by atoms with van der Waals surface area (Å²) < 4.78 is 3.25. The zero-order valence-electron chi connectivity index (χ0n) is 20.0. The minimum atomic E-state index is -0.212. The van der Waals surface area contributed by atoms with Crippen LogP contribution in [-0.4, -0.2) is 32.0 Å². The van der Waals surface area contributed by atoms with Crippen molar-refractivity contribution in [3.8, 4) is 5.69 Å². The number of hydrogen-bond donors (Lipinski definition) is 2. The van der Waals surface area contributed by atoms with E-state index < -0.39 is 0 Å². The number of thiocarbonyl (C=S) groups is 1. The van der Waals surface area contributed by atoms with E-state index in [4.69, 9.17) is 12.2 Å². The van der Waals surface area contributed by atoms with Gasteiger partial charge in [0.15, 0.2) is 5.11 Å². The fourth-order valence-corrected chi connectivity index (χ4v) is 5.65. The zero-order valence-corrected chi connectivity index (χ0v) is 22.4. The van der Waals surface area contributed by atoms with Crippen molar-refractivity contribution in [1.82, 2.24) is 19.8 Å². The molecule has 1 amide bonds. The third kappa shape index (κ3) is 4.66. The molecule has 1 aliphatic rings. The Balaban J connectivity index is 1.55. The maximum atomic E-state index is 13.1. The number of benzene rings is 2. The van der Waals surface area contributed by atoms with Crippen LogP contribution in [0.15, 0.2) is 89.5 Å². The molecule has 2 aromatic carbocycles. The van der Waals surface area contributed by atoms with Crippen molar-refractivity contribution < 1.29 is 4.79 Å². The first-order valence-corrected chi connectivity index (χ1v) is 12.9. The van der Waals surface area contributed by atoms with Gasteiger partial charge in [-0.15, -0.1) is 0 Å². The molecule has 0 saturated carbocycles. The van der Waals surface area contributed by atoms with Crippen molar-refractivity contribution in [2.45, 2.75) is 25.9 Å². The number of pyridine rings is 1. The van der Waals surface area contributed by atoms with Gasteiger partial charge in [-0.1, -0.05) is 36.4 Å². The van der Waals surface area contributed by atoms with Crippen LogP contribution in [0.1, 0.15) is 34.7 Å². The Bertz CT molecular complexity index is 1410. The molecular weight excluding hydrogens is 534 g/mol. The standard InChI is InChI=1S/C28H26BrN5OS/c1-18-16-21(19(2)34(18)24-14-7-6-12-22(24)29)27-26(23-13-8-9-15-30-23)32-28(36)33(27)17-25(35)31-20-10-4-3-5-11-20/h3-16,26-27H,17H2,1-2H3,(H,31,35)(H,32,36). The summed E-state index contributed by atoms with van der Waals surface area (Å²) in [5.74, 6) is -0.128. The van der Waals surface area contributed by atoms with Crippen molar-refractivity contribution in [1.29, 1.82) is 0 Å². The van der Waals surface area contributed by atoms with Gasteiger partial charge >= 0.3 is 0 Å². The Labute approximate surface area is 224 Å². The van der Waals surface area contributed by atoms with Gasteiger partial charge in [0.05, 0.1) is 23.5 Å².